The lowest BCUT2D eigenvalue weighted by atomic mass is 10.1. The van der Waals surface area contributed by atoms with E-state index in [9.17, 15) is 0 Å². The number of aromatic nitrogens is 2. The third kappa shape index (κ3) is 3.43. The Labute approximate surface area is 111 Å². The molecule has 0 bridgehead atoms. The first-order valence-corrected chi connectivity index (χ1v) is 6.84. The minimum absolute atomic E-state index is 0.448. The van der Waals surface area contributed by atoms with E-state index in [1.54, 1.807) is 0 Å². The number of imidazole rings is 1. The molecule has 0 saturated heterocycles. The van der Waals surface area contributed by atoms with Crippen molar-refractivity contribution >= 4 is 15.9 Å². The summed E-state index contributed by atoms with van der Waals surface area (Å²) in [6, 6.07) is 10.6. The smallest absolute Gasteiger partial charge is 0.108 e. The van der Waals surface area contributed by atoms with Gasteiger partial charge in [-0.1, -0.05) is 46.3 Å². The summed E-state index contributed by atoms with van der Waals surface area (Å²) in [5.74, 6) is 1.16. The molecule has 0 aliphatic rings. The number of nitrogens with zero attached hydrogens (tertiary/aromatic N) is 2. The van der Waals surface area contributed by atoms with Gasteiger partial charge in [-0.3, -0.25) is 0 Å². The van der Waals surface area contributed by atoms with Gasteiger partial charge >= 0.3 is 0 Å². The van der Waals surface area contributed by atoms with Crippen molar-refractivity contribution in [3.63, 3.8) is 0 Å². The molecule has 1 atom stereocenters. The third-order valence-corrected chi connectivity index (χ3v) is 3.93. The molecule has 0 amide bonds. The number of alkyl halides is 1. The standard InChI is InChI=1S/C14H17BrN2/c1-17-11-10-16-14(17)9-5-8-13(15)12-6-3-2-4-7-12/h2-4,6-7,10-11,13H,5,8-9H2,1H3. The van der Waals surface area contributed by atoms with Crippen LogP contribution < -0.4 is 0 Å². The fraction of sp³-hybridized carbons (Fsp3) is 0.357. The molecule has 1 heterocycles. The second-order valence-corrected chi connectivity index (χ2v) is 5.33. The number of aryl methyl sites for hydroxylation is 2. The molecule has 0 N–H and O–H groups in total. The zero-order chi connectivity index (χ0) is 12.1. The highest BCUT2D eigenvalue weighted by Crippen LogP contribution is 2.27. The van der Waals surface area contributed by atoms with Crippen LogP contribution in [0.2, 0.25) is 0 Å². The van der Waals surface area contributed by atoms with Gasteiger partial charge in [0.2, 0.25) is 0 Å². The van der Waals surface area contributed by atoms with Crippen LogP contribution in [0, 0.1) is 0 Å². The molecule has 1 aromatic carbocycles. The quantitative estimate of drug-likeness (QED) is 0.765. The largest absolute Gasteiger partial charge is 0.338 e. The summed E-state index contributed by atoms with van der Waals surface area (Å²) in [5.41, 5.74) is 1.35. The maximum absolute atomic E-state index is 4.33. The van der Waals surface area contributed by atoms with Crippen LogP contribution in [0.15, 0.2) is 42.7 Å². The second kappa shape index (κ2) is 6.01. The van der Waals surface area contributed by atoms with Crippen LogP contribution in [0.25, 0.3) is 0 Å². The minimum atomic E-state index is 0.448. The van der Waals surface area contributed by atoms with Crippen LogP contribution in [-0.4, -0.2) is 9.55 Å². The van der Waals surface area contributed by atoms with Crippen LogP contribution in [-0.2, 0) is 13.5 Å². The van der Waals surface area contributed by atoms with Gasteiger partial charge in [0.1, 0.15) is 5.82 Å². The number of hydrogen-bond donors (Lipinski definition) is 0. The summed E-state index contributed by atoms with van der Waals surface area (Å²) in [6.45, 7) is 0. The first-order valence-electron chi connectivity index (χ1n) is 5.92. The van der Waals surface area contributed by atoms with Gasteiger partial charge < -0.3 is 4.57 Å². The lowest BCUT2D eigenvalue weighted by Gasteiger charge is -2.09. The summed E-state index contributed by atoms with van der Waals surface area (Å²) < 4.78 is 2.09. The molecule has 90 valence electrons. The average molecular weight is 293 g/mol. The van der Waals surface area contributed by atoms with Crippen LogP contribution in [0.5, 0.6) is 0 Å². The fourth-order valence-electron chi connectivity index (χ4n) is 1.91. The molecule has 0 aliphatic carbocycles. The molecule has 2 rings (SSSR count). The zero-order valence-corrected chi connectivity index (χ0v) is 11.6. The third-order valence-electron chi connectivity index (χ3n) is 2.94. The molecule has 0 saturated carbocycles. The summed E-state index contributed by atoms with van der Waals surface area (Å²) in [5, 5.41) is 0. The van der Waals surface area contributed by atoms with E-state index >= 15 is 0 Å². The molecular weight excluding hydrogens is 276 g/mol. The van der Waals surface area contributed by atoms with E-state index < -0.39 is 0 Å². The Morgan fingerprint density at radius 1 is 1.29 bits per heavy atom. The predicted molar refractivity (Wildman–Crippen MR) is 74.3 cm³/mol. The van der Waals surface area contributed by atoms with E-state index in [-0.39, 0.29) is 0 Å². The van der Waals surface area contributed by atoms with Crippen molar-refractivity contribution in [2.75, 3.05) is 0 Å². The number of hydrogen-bond acceptors (Lipinski definition) is 1. The Hall–Kier alpha value is -1.09. The van der Waals surface area contributed by atoms with Crippen LogP contribution in [0.3, 0.4) is 0 Å². The monoisotopic (exact) mass is 292 g/mol. The molecule has 0 fully saturated rings. The van der Waals surface area contributed by atoms with Crippen LogP contribution >= 0.6 is 15.9 Å². The predicted octanol–water partition coefficient (Wildman–Crippen LogP) is 3.88. The van der Waals surface area contributed by atoms with Crippen molar-refractivity contribution in [2.45, 2.75) is 24.1 Å². The highest BCUT2D eigenvalue weighted by Gasteiger charge is 2.07. The molecule has 1 unspecified atom stereocenters. The van der Waals surface area contributed by atoms with Gasteiger partial charge in [-0.15, -0.1) is 0 Å². The summed E-state index contributed by atoms with van der Waals surface area (Å²) in [7, 11) is 2.05. The first kappa shape index (κ1) is 12.4. The fourth-order valence-corrected chi connectivity index (χ4v) is 2.53. The molecule has 3 heteroatoms. The van der Waals surface area contributed by atoms with Gasteiger partial charge in [-0.25, -0.2) is 4.98 Å². The molecule has 0 aliphatic heterocycles. The highest BCUT2D eigenvalue weighted by atomic mass is 79.9. The van der Waals surface area contributed by atoms with Crippen molar-refractivity contribution in [2.24, 2.45) is 7.05 Å². The summed E-state index contributed by atoms with van der Waals surface area (Å²) in [4.78, 5) is 4.78. The molecule has 0 spiro atoms. The van der Waals surface area contributed by atoms with Gasteiger partial charge in [-0.05, 0) is 18.4 Å². The van der Waals surface area contributed by atoms with Crippen molar-refractivity contribution in [3.05, 3.63) is 54.1 Å². The Balaban J connectivity index is 1.81. The van der Waals surface area contributed by atoms with Gasteiger partial charge in [0.05, 0.1) is 0 Å². The number of rotatable bonds is 5. The van der Waals surface area contributed by atoms with Crippen LogP contribution in [0.1, 0.15) is 29.1 Å². The topological polar surface area (TPSA) is 17.8 Å². The maximum atomic E-state index is 4.33. The average Bonchev–Trinajstić information content (AvgIpc) is 2.76. The summed E-state index contributed by atoms with van der Waals surface area (Å²) >= 11 is 3.74. The molecule has 2 aromatic rings. The van der Waals surface area contributed by atoms with E-state index in [1.165, 1.54) is 5.56 Å². The number of halogens is 1. The van der Waals surface area contributed by atoms with Gasteiger partial charge in [0.15, 0.2) is 0 Å². The highest BCUT2D eigenvalue weighted by molar-refractivity contribution is 9.09. The Morgan fingerprint density at radius 3 is 2.71 bits per heavy atom. The van der Waals surface area contributed by atoms with Crippen molar-refractivity contribution < 1.29 is 0 Å². The molecule has 2 nitrogen and oxygen atoms in total. The van der Waals surface area contributed by atoms with E-state index in [0.717, 1.165) is 25.1 Å². The molecule has 0 radical (unpaired) electrons. The lowest BCUT2D eigenvalue weighted by Crippen LogP contribution is -1.98. The zero-order valence-electron chi connectivity index (χ0n) is 10.0. The van der Waals surface area contributed by atoms with E-state index in [4.69, 9.17) is 0 Å². The van der Waals surface area contributed by atoms with E-state index in [1.807, 2.05) is 19.4 Å². The van der Waals surface area contributed by atoms with Gasteiger partial charge in [-0.2, -0.15) is 0 Å². The minimum Gasteiger partial charge on any atom is -0.338 e. The Morgan fingerprint density at radius 2 is 2.06 bits per heavy atom. The second-order valence-electron chi connectivity index (χ2n) is 4.22. The van der Waals surface area contributed by atoms with E-state index in [0.29, 0.717) is 4.83 Å². The van der Waals surface area contributed by atoms with Gasteiger partial charge in [0.25, 0.3) is 0 Å². The molecular formula is C14H17BrN2. The van der Waals surface area contributed by atoms with Crippen molar-refractivity contribution in [3.8, 4) is 0 Å². The molecule has 17 heavy (non-hydrogen) atoms. The normalized spacial score (nSPS) is 12.6. The number of benzene rings is 1. The Kier molecular flexibility index (Phi) is 4.37. The van der Waals surface area contributed by atoms with Crippen molar-refractivity contribution in [1.82, 2.24) is 9.55 Å². The maximum Gasteiger partial charge on any atom is 0.108 e. The first-order chi connectivity index (χ1) is 8.27. The van der Waals surface area contributed by atoms with Crippen LogP contribution in [0.4, 0.5) is 0 Å². The van der Waals surface area contributed by atoms with Crippen molar-refractivity contribution in [1.29, 1.82) is 0 Å². The lowest BCUT2D eigenvalue weighted by molar-refractivity contribution is 0.678. The van der Waals surface area contributed by atoms with E-state index in [2.05, 4.69) is 55.8 Å². The van der Waals surface area contributed by atoms with Gasteiger partial charge in [0, 0.05) is 30.7 Å². The SMILES string of the molecule is Cn1ccnc1CCCC(Br)c1ccccc1. The molecule has 1 aromatic heterocycles. The Bertz CT molecular complexity index is 450. The summed E-state index contributed by atoms with van der Waals surface area (Å²) in [6.07, 6.45) is 7.18.